The topological polar surface area (TPSA) is 82.8 Å². The van der Waals surface area contributed by atoms with Crippen LogP contribution >= 0.6 is 0 Å². The van der Waals surface area contributed by atoms with Crippen LogP contribution in [0.1, 0.15) is 12.5 Å². The maximum atomic E-state index is 12.7. The predicted octanol–water partition coefficient (Wildman–Crippen LogP) is 0.508. The van der Waals surface area contributed by atoms with Gasteiger partial charge in [-0.1, -0.05) is 0 Å². The molecule has 1 amide bonds. The Morgan fingerprint density at radius 2 is 1.84 bits per heavy atom. The zero-order chi connectivity index (χ0) is 18.0. The van der Waals surface area contributed by atoms with Gasteiger partial charge >= 0.3 is 5.69 Å². The summed E-state index contributed by atoms with van der Waals surface area (Å²) in [4.78, 5) is 38.1. The Labute approximate surface area is 143 Å². The van der Waals surface area contributed by atoms with E-state index in [2.05, 4.69) is 0 Å². The fourth-order valence-corrected chi connectivity index (χ4v) is 2.85. The van der Waals surface area contributed by atoms with Crippen LogP contribution in [0.2, 0.25) is 0 Å². The van der Waals surface area contributed by atoms with E-state index in [-0.39, 0.29) is 12.7 Å². The first kappa shape index (κ1) is 17.0. The molecule has 0 saturated carbocycles. The molecule has 1 unspecified atom stereocenters. The van der Waals surface area contributed by atoms with Gasteiger partial charge in [-0.15, -0.1) is 0 Å². The second-order valence-corrected chi connectivity index (χ2v) is 5.74. The third-order valence-corrected chi connectivity index (χ3v) is 4.22. The molecule has 8 nitrogen and oxygen atoms in total. The molecule has 0 radical (unpaired) electrons. The van der Waals surface area contributed by atoms with Crippen LogP contribution in [0, 0.1) is 0 Å². The monoisotopic (exact) mass is 345 g/mol. The van der Waals surface area contributed by atoms with Crippen molar-refractivity contribution in [1.29, 1.82) is 0 Å². The summed E-state index contributed by atoms with van der Waals surface area (Å²) in [6.45, 7) is 0.650. The highest BCUT2D eigenvalue weighted by molar-refractivity contribution is 5.98. The largest absolute Gasteiger partial charge is 0.468 e. The van der Waals surface area contributed by atoms with E-state index < -0.39 is 17.3 Å². The van der Waals surface area contributed by atoms with Gasteiger partial charge < -0.3 is 14.4 Å². The number of anilines is 1. The van der Waals surface area contributed by atoms with Gasteiger partial charge in [0, 0.05) is 38.7 Å². The lowest BCUT2D eigenvalue weighted by Gasteiger charge is -2.18. The first-order chi connectivity index (χ1) is 12.0. The molecule has 0 bridgehead atoms. The van der Waals surface area contributed by atoms with Crippen LogP contribution in [0.15, 0.2) is 46.1 Å². The summed E-state index contributed by atoms with van der Waals surface area (Å²) in [5.74, 6) is 0.467. The lowest BCUT2D eigenvalue weighted by molar-refractivity contribution is -0.119. The predicted molar refractivity (Wildman–Crippen MR) is 90.9 cm³/mol. The number of aromatic nitrogens is 2. The standard InChI is InChI=1S/C17H19N3O5/c1-18-15(21)8-10-20(17(18)23)14-7-9-19(16(14)22)12-3-5-13(6-4-12)25-11-24-2/h3-6,8,10,14H,7,9,11H2,1-2H3. The quantitative estimate of drug-likeness (QED) is 0.738. The Morgan fingerprint density at radius 3 is 2.52 bits per heavy atom. The Bertz CT molecular complexity index is 884. The molecular formula is C17H19N3O5. The number of amides is 1. The van der Waals surface area contributed by atoms with Gasteiger partial charge in [0.15, 0.2) is 6.79 Å². The molecule has 25 heavy (non-hydrogen) atoms. The maximum absolute atomic E-state index is 12.7. The van der Waals surface area contributed by atoms with Gasteiger partial charge in [-0.05, 0) is 30.7 Å². The first-order valence-corrected chi connectivity index (χ1v) is 7.84. The molecule has 2 aromatic rings. The molecule has 8 heteroatoms. The summed E-state index contributed by atoms with van der Waals surface area (Å²) in [6.07, 6.45) is 1.89. The summed E-state index contributed by atoms with van der Waals surface area (Å²) in [6, 6.07) is 7.77. The molecule has 3 rings (SSSR count). The van der Waals surface area contributed by atoms with Crippen LogP contribution in [-0.4, -0.2) is 35.5 Å². The number of benzene rings is 1. The van der Waals surface area contributed by atoms with E-state index in [4.69, 9.17) is 9.47 Å². The number of hydrogen-bond acceptors (Lipinski definition) is 5. The van der Waals surface area contributed by atoms with Gasteiger partial charge in [-0.3, -0.25) is 18.7 Å². The first-order valence-electron chi connectivity index (χ1n) is 7.84. The molecule has 1 saturated heterocycles. The Balaban J connectivity index is 1.81. The average Bonchev–Trinajstić information content (AvgIpc) is 3.00. The van der Waals surface area contributed by atoms with Crippen molar-refractivity contribution in [3.05, 3.63) is 57.4 Å². The van der Waals surface area contributed by atoms with Gasteiger partial charge in [0.1, 0.15) is 11.8 Å². The number of hydrogen-bond donors (Lipinski definition) is 0. The van der Waals surface area contributed by atoms with Gasteiger partial charge in [0.25, 0.3) is 5.56 Å². The Hall–Kier alpha value is -2.87. The number of carbonyl (C=O) groups is 1. The molecule has 1 aromatic heterocycles. The van der Waals surface area contributed by atoms with Gasteiger partial charge in [0.05, 0.1) is 0 Å². The molecule has 132 valence electrons. The molecule has 0 spiro atoms. The zero-order valence-electron chi connectivity index (χ0n) is 14.0. The van der Waals surface area contributed by atoms with Crippen LogP contribution in [0.25, 0.3) is 0 Å². The van der Waals surface area contributed by atoms with Crippen molar-refractivity contribution in [2.45, 2.75) is 12.5 Å². The van der Waals surface area contributed by atoms with Crippen LogP contribution in [0.3, 0.4) is 0 Å². The molecule has 0 aliphatic carbocycles. The lowest BCUT2D eigenvalue weighted by atomic mass is 10.2. The minimum Gasteiger partial charge on any atom is -0.468 e. The zero-order valence-corrected chi connectivity index (χ0v) is 14.0. The summed E-state index contributed by atoms with van der Waals surface area (Å²) in [5.41, 5.74) is -0.152. The lowest BCUT2D eigenvalue weighted by Crippen LogP contribution is -2.40. The molecule has 1 fully saturated rings. The smallest absolute Gasteiger partial charge is 0.331 e. The second-order valence-electron chi connectivity index (χ2n) is 5.74. The fraction of sp³-hybridized carbons (Fsp3) is 0.353. The third kappa shape index (κ3) is 3.20. The number of ether oxygens (including phenoxy) is 2. The van der Waals surface area contributed by atoms with Crippen molar-refractivity contribution >= 4 is 11.6 Å². The molecule has 1 aliphatic rings. The highest BCUT2D eigenvalue weighted by atomic mass is 16.7. The minimum atomic E-state index is -0.608. The number of rotatable bonds is 5. The molecular weight excluding hydrogens is 326 g/mol. The maximum Gasteiger partial charge on any atom is 0.331 e. The molecule has 1 aliphatic heterocycles. The van der Waals surface area contributed by atoms with E-state index in [1.165, 1.54) is 23.9 Å². The van der Waals surface area contributed by atoms with Crippen LogP contribution in [0.4, 0.5) is 5.69 Å². The van der Waals surface area contributed by atoms with Crippen molar-refractivity contribution < 1.29 is 14.3 Å². The summed E-state index contributed by atoms with van der Waals surface area (Å²) in [7, 11) is 2.94. The van der Waals surface area contributed by atoms with E-state index in [0.717, 1.165) is 10.3 Å². The van der Waals surface area contributed by atoms with E-state index in [1.54, 1.807) is 36.3 Å². The fourth-order valence-electron chi connectivity index (χ4n) is 2.85. The van der Waals surface area contributed by atoms with E-state index in [0.29, 0.717) is 18.7 Å². The van der Waals surface area contributed by atoms with Gasteiger partial charge in [0.2, 0.25) is 5.91 Å². The van der Waals surface area contributed by atoms with Crippen LogP contribution < -0.4 is 20.9 Å². The highest BCUT2D eigenvalue weighted by Crippen LogP contribution is 2.28. The van der Waals surface area contributed by atoms with Crippen molar-refractivity contribution in [2.75, 3.05) is 25.3 Å². The number of nitrogens with zero attached hydrogens (tertiary/aromatic N) is 3. The van der Waals surface area contributed by atoms with E-state index >= 15 is 0 Å². The van der Waals surface area contributed by atoms with Crippen molar-refractivity contribution in [1.82, 2.24) is 9.13 Å². The van der Waals surface area contributed by atoms with Gasteiger partial charge in [-0.2, -0.15) is 0 Å². The van der Waals surface area contributed by atoms with E-state index in [1.807, 2.05) is 0 Å². The minimum absolute atomic E-state index is 0.152. The number of methoxy groups -OCH3 is 1. The van der Waals surface area contributed by atoms with Crippen molar-refractivity contribution in [2.24, 2.45) is 7.05 Å². The second kappa shape index (κ2) is 6.94. The van der Waals surface area contributed by atoms with Crippen LogP contribution in [0.5, 0.6) is 5.75 Å². The third-order valence-electron chi connectivity index (χ3n) is 4.22. The summed E-state index contributed by atoms with van der Waals surface area (Å²) < 4.78 is 12.5. The summed E-state index contributed by atoms with van der Waals surface area (Å²) >= 11 is 0. The molecule has 1 aromatic carbocycles. The van der Waals surface area contributed by atoms with Gasteiger partial charge in [-0.25, -0.2) is 4.79 Å². The van der Waals surface area contributed by atoms with E-state index in [9.17, 15) is 14.4 Å². The Kier molecular flexibility index (Phi) is 4.71. The SMILES string of the molecule is COCOc1ccc(N2CCC(n3ccc(=O)n(C)c3=O)C2=O)cc1. The average molecular weight is 345 g/mol. The number of carbonyl (C=O) groups excluding carboxylic acids is 1. The normalized spacial score (nSPS) is 17.1. The summed E-state index contributed by atoms with van der Waals surface area (Å²) in [5, 5.41) is 0. The van der Waals surface area contributed by atoms with Crippen LogP contribution in [-0.2, 0) is 16.6 Å². The van der Waals surface area contributed by atoms with Crippen molar-refractivity contribution in [3.63, 3.8) is 0 Å². The molecule has 2 heterocycles. The van der Waals surface area contributed by atoms with Crippen molar-refractivity contribution in [3.8, 4) is 5.75 Å². The Morgan fingerprint density at radius 1 is 1.12 bits per heavy atom. The molecule has 0 N–H and O–H groups in total. The highest BCUT2D eigenvalue weighted by Gasteiger charge is 2.34. The molecule has 1 atom stereocenters.